The van der Waals surface area contributed by atoms with Crippen LogP contribution >= 0.6 is 0 Å². The molecule has 27 heavy (non-hydrogen) atoms. The van der Waals surface area contributed by atoms with Gasteiger partial charge in [-0.15, -0.1) is 4.91 Å². The highest BCUT2D eigenvalue weighted by atomic mass is 16.5. The van der Waals surface area contributed by atoms with Gasteiger partial charge in [-0.25, -0.2) is 4.79 Å². The summed E-state index contributed by atoms with van der Waals surface area (Å²) in [7, 11) is 0. The van der Waals surface area contributed by atoms with E-state index in [0.29, 0.717) is 13.0 Å². The molecule has 0 bridgehead atoms. The molecule has 1 rings (SSSR count). The number of amides is 2. The minimum atomic E-state index is -0.739. The van der Waals surface area contributed by atoms with Gasteiger partial charge in [0, 0.05) is 6.54 Å². The van der Waals surface area contributed by atoms with Crippen LogP contribution in [0.2, 0.25) is 0 Å². The standard InChI is InChI=1S/C20H31N3O4/c1-4-5-9-12-23(15-21-26)19(24)18(13-16(2)3)22-20(25)27-14-17-10-7-6-8-11-17/h6-8,10-11,16,18H,4-5,9,12-15H2,1-3H3,(H,22,25)/t18-/m0/s1. The number of rotatable bonds is 12. The third-order valence-electron chi connectivity index (χ3n) is 4.08. The van der Waals surface area contributed by atoms with Crippen molar-refractivity contribution in [2.24, 2.45) is 11.1 Å². The van der Waals surface area contributed by atoms with Gasteiger partial charge >= 0.3 is 6.09 Å². The summed E-state index contributed by atoms with van der Waals surface area (Å²) in [4.78, 5) is 37.1. The van der Waals surface area contributed by atoms with Gasteiger partial charge in [-0.2, -0.15) is 0 Å². The highest BCUT2D eigenvalue weighted by Crippen LogP contribution is 2.11. The third-order valence-corrected chi connectivity index (χ3v) is 4.08. The molecule has 0 radical (unpaired) electrons. The van der Waals surface area contributed by atoms with Gasteiger partial charge in [-0.1, -0.05) is 63.9 Å². The van der Waals surface area contributed by atoms with Gasteiger partial charge in [0.15, 0.2) is 6.67 Å². The molecular weight excluding hydrogens is 346 g/mol. The lowest BCUT2D eigenvalue weighted by molar-refractivity contribution is -0.133. The van der Waals surface area contributed by atoms with Crippen LogP contribution in [0.1, 0.15) is 52.0 Å². The molecule has 1 atom stereocenters. The number of unbranched alkanes of at least 4 members (excludes halogenated alkanes) is 2. The van der Waals surface area contributed by atoms with E-state index < -0.39 is 12.1 Å². The second kappa shape index (κ2) is 12.8. The number of carbonyl (C=O) groups excluding carboxylic acids is 2. The lowest BCUT2D eigenvalue weighted by Crippen LogP contribution is -2.49. The monoisotopic (exact) mass is 377 g/mol. The zero-order valence-corrected chi connectivity index (χ0v) is 16.5. The van der Waals surface area contributed by atoms with Crippen LogP contribution in [0, 0.1) is 10.8 Å². The van der Waals surface area contributed by atoms with E-state index in [0.717, 1.165) is 24.8 Å². The summed E-state index contributed by atoms with van der Waals surface area (Å²) in [5, 5.41) is 5.52. The topological polar surface area (TPSA) is 88.1 Å². The Morgan fingerprint density at radius 3 is 2.48 bits per heavy atom. The quantitative estimate of drug-likeness (QED) is 0.439. The van der Waals surface area contributed by atoms with Crippen molar-refractivity contribution in [2.75, 3.05) is 13.2 Å². The normalized spacial score (nSPS) is 11.7. The Labute approximate surface area is 161 Å². The summed E-state index contributed by atoms with van der Waals surface area (Å²) in [5.41, 5.74) is 0.866. The van der Waals surface area contributed by atoms with Gasteiger partial charge in [0.2, 0.25) is 5.91 Å². The largest absolute Gasteiger partial charge is 0.445 e. The van der Waals surface area contributed by atoms with Crippen molar-refractivity contribution in [2.45, 2.75) is 59.1 Å². The molecule has 0 unspecified atom stereocenters. The van der Waals surface area contributed by atoms with Crippen LogP contribution in [0.3, 0.4) is 0 Å². The summed E-state index contributed by atoms with van der Waals surface area (Å²) in [6.07, 6.45) is 2.58. The highest BCUT2D eigenvalue weighted by Gasteiger charge is 2.27. The molecular formula is C20H31N3O4. The van der Waals surface area contributed by atoms with Crippen LogP contribution in [-0.2, 0) is 16.1 Å². The predicted molar refractivity (Wildman–Crippen MR) is 105 cm³/mol. The Kier molecular flexibility index (Phi) is 10.7. The molecule has 0 heterocycles. The van der Waals surface area contributed by atoms with E-state index in [2.05, 4.69) is 17.4 Å². The Morgan fingerprint density at radius 2 is 1.89 bits per heavy atom. The molecule has 150 valence electrons. The average Bonchev–Trinajstić information content (AvgIpc) is 2.65. The van der Waals surface area contributed by atoms with Crippen molar-refractivity contribution >= 4 is 12.0 Å². The van der Waals surface area contributed by atoms with Crippen molar-refractivity contribution in [1.82, 2.24) is 10.2 Å². The summed E-state index contributed by atoms with van der Waals surface area (Å²) in [6, 6.07) is 8.58. The number of nitrogens with one attached hydrogen (secondary N) is 1. The number of alkyl carbamates (subject to hydrolysis) is 1. The minimum absolute atomic E-state index is 0.130. The molecule has 1 aromatic carbocycles. The van der Waals surface area contributed by atoms with Gasteiger partial charge < -0.3 is 15.0 Å². The van der Waals surface area contributed by atoms with Crippen LogP contribution < -0.4 is 5.32 Å². The Morgan fingerprint density at radius 1 is 1.19 bits per heavy atom. The maximum absolute atomic E-state index is 12.8. The zero-order chi connectivity index (χ0) is 20.1. The molecule has 1 aromatic rings. The van der Waals surface area contributed by atoms with Gasteiger partial charge in [-0.05, 0) is 29.5 Å². The first-order valence-corrected chi connectivity index (χ1v) is 9.53. The molecule has 0 fully saturated rings. The van der Waals surface area contributed by atoms with Crippen LogP contribution in [0.4, 0.5) is 4.79 Å². The Hall–Kier alpha value is -2.44. The molecule has 0 saturated carbocycles. The molecule has 0 aliphatic rings. The summed E-state index contributed by atoms with van der Waals surface area (Å²) >= 11 is 0. The summed E-state index contributed by atoms with van der Waals surface area (Å²) < 4.78 is 5.22. The number of nitroso groups, excluding NO2 is 1. The predicted octanol–water partition coefficient (Wildman–Crippen LogP) is 4.07. The SMILES string of the molecule is CCCCCN(CN=O)C(=O)[C@H](CC(C)C)NC(=O)OCc1ccccc1. The first-order valence-electron chi connectivity index (χ1n) is 9.53. The van der Waals surface area contributed by atoms with Gasteiger partial charge in [0.05, 0.1) is 0 Å². The average molecular weight is 377 g/mol. The summed E-state index contributed by atoms with van der Waals surface area (Å²) in [6.45, 7) is 6.38. The molecule has 2 amide bonds. The van der Waals surface area contributed by atoms with E-state index in [4.69, 9.17) is 4.74 Å². The van der Waals surface area contributed by atoms with E-state index in [1.807, 2.05) is 44.2 Å². The fourth-order valence-electron chi connectivity index (χ4n) is 2.69. The van der Waals surface area contributed by atoms with Crippen LogP contribution in [-0.4, -0.2) is 36.2 Å². The molecule has 0 aliphatic carbocycles. The first-order chi connectivity index (χ1) is 13.0. The third kappa shape index (κ3) is 9.17. The summed E-state index contributed by atoms with van der Waals surface area (Å²) in [5.74, 6) is -0.105. The van der Waals surface area contributed by atoms with E-state index in [-0.39, 0.29) is 25.1 Å². The Bertz CT molecular complexity index is 578. The number of hydrogen-bond acceptors (Lipinski definition) is 5. The van der Waals surface area contributed by atoms with Crippen LogP contribution in [0.5, 0.6) is 0 Å². The number of carbonyl (C=O) groups is 2. The van der Waals surface area contributed by atoms with E-state index in [1.54, 1.807) is 0 Å². The van der Waals surface area contributed by atoms with Gasteiger partial charge in [0.25, 0.3) is 0 Å². The van der Waals surface area contributed by atoms with Crippen molar-refractivity contribution in [3.63, 3.8) is 0 Å². The molecule has 0 aliphatic heterocycles. The lowest BCUT2D eigenvalue weighted by Gasteiger charge is -2.26. The molecule has 0 aromatic heterocycles. The van der Waals surface area contributed by atoms with Crippen LogP contribution in [0.15, 0.2) is 35.5 Å². The fourth-order valence-corrected chi connectivity index (χ4v) is 2.69. The molecule has 7 nitrogen and oxygen atoms in total. The van der Waals surface area contributed by atoms with Crippen molar-refractivity contribution in [3.8, 4) is 0 Å². The van der Waals surface area contributed by atoms with Crippen molar-refractivity contribution in [1.29, 1.82) is 0 Å². The van der Waals surface area contributed by atoms with E-state index >= 15 is 0 Å². The van der Waals surface area contributed by atoms with E-state index in [1.165, 1.54) is 4.90 Å². The Balaban J connectivity index is 2.69. The van der Waals surface area contributed by atoms with Crippen LogP contribution in [0.25, 0.3) is 0 Å². The van der Waals surface area contributed by atoms with Crippen molar-refractivity contribution in [3.05, 3.63) is 40.8 Å². The molecule has 0 saturated heterocycles. The molecule has 0 spiro atoms. The molecule has 1 N–H and O–H groups in total. The number of ether oxygens (including phenoxy) is 1. The van der Waals surface area contributed by atoms with Gasteiger partial charge in [0.1, 0.15) is 12.6 Å². The number of hydrogen-bond donors (Lipinski definition) is 1. The number of benzene rings is 1. The lowest BCUT2D eigenvalue weighted by atomic mass is 10.0. The highest BCUT2D eigenvalue weighted by molar-refractivity contribution is 5.85. The smallest absolute Gasteiger partial charge is 0.408 e. The second-order valence-electron chi connectivity index (χ2n) is 6.97. The maximum Gasteiger partial charge on any atom is 0.408 e. The minimum Gasteiger partial charge on any atom is -0.445 e. The van der Waals surface area contributed by atoms with Gasteiger partial charge in [-0.3, -0.25) is 4.79 Å². The van der Waals surface area contributed by atoms with E-state index in [9.17, 15) is 14.5 Å². The second-order valence-corrected chi connectivity index (χ2v) is 6.97. The first kappa shape index (κ1) is 22.6. The number of nitrogens with zero attached hydrogens (tertiary/aromatic N) is 2. The molecule has 7 heteroatoms. The maximum atomic E-state index is 12.8. The zero-order valence-electron chi connectivity index (χ0n) is 16.5. The fraction of sp³-hybridized carbons (Fsp3) is 0.600. The van der Waals surface area contributed by atoms with Crippen molar-refractivity contribution < 1.29 is 14.3 Å².